The molecule has 0 unspecified atom stereocenters. The first kappa shape index (κ1) is 14.6. The molecule has 0 aliphatic rings. The topological polar surface area (TPSA) is 46.3 Å². The van der Waals surface area contributed by atoms with Crippen LogP contribution in [-0.2, 0) is 6.54 Å². The van der Waals surface area contributed by atoms with E-state index in [1.807, 2.05) is 11.4 Å². The van der Waals surface area contributed by atoms with E-state index in [1.165, 1.54) is 0 Å². The van der Waals surface area contributed by atoms with Crippen molar-refractivity contribution in [1.29, 1.82) is 0 Å². The first-order valence-corrected chi connectivity index (χ1v) is 7.97. The summed E-state index contributed by atoms with van der Waals surface area (Å²) in [5.41, 5.74) is 6.89. The van der Waals surface area contributed by atoms with Crippen molar-refractivity contribution < 1.29 is 4.79 Å². The Morgan fingerprint density at radius 1 is 1.37 bits per heavy atom. The van der Waals surface area contributed by atoms with Crippen molar-refractivity contribution in [2.24, 2.45) is 0 Å². The van der Waals surface area contributed by atoms with Crippen LogP contribution < -0.4 is 5.73 Å². The first-order valence-electron chi connectivity index (χ1n) is 5.51. The SMILES string of the molecule is CN(Cc1cc(Br)cs1)C(=O)c1cc(N)ccc1Br. The van der Waals surface area contributed by atoms with Crippen molar-refractivity contribution in [3.63, 3.8) is 0 Å². The molecule has 0 atom stereocenters. The van der Waals surface area contributed by atoms with Crippen molar-refractivity contribution in [2.75, 3.05) is 12.8 Å². The Morgan fingerprint density at radius 3 is 2.74 bits per heavy atom. The fraction of sp³-hybridized carbons (Fsp3) is 0.154. The third-order valence-corrected chi connectivity index (χ3v) is 4.96. The van der Waals surface area contributed by atoms with Crippen LogP contribution in [0.5, 0.6) is 0 Å². The van der Waals surface area contributed by atoms with Crippen LogP contribution in [0.2, 0.25) is 0 Å². The molecular formula is C13H12Br2N2OS. The lowest BCUT2D eigenvalue weighted by molar-refractivity contribution is 0.0785. The van der Waals surface area contributed by atoms with Gasteiger partial charge in [-0.25, -0.2) is 0 Å². The average molecular weight is 404 g/mol. The van der Waals surface area contributed by atoms with Crippen LogP contribution in [0.1, 0.15) is 15.2 Å². The molecule has 0 aliphatic heterocycles. The lowest BCUT2D eigenvalue weighted by atomic mass is 10.2. The number of benzene rings is 1. The summed E-state index contributed by atoms with van der Waals surface area (Å²) in [7, 11) is 1.78. The van der Waals surface area contributed by atoms with E-state index in [9.17, 15) is 4.79 Å². The molecule has 0 saturated heterocycles. The third kappa shape index (κ3) is 3.58. The third-order valence-electron chi connectivity index (χ3n) is 2.58. The van der Waals surface area contributed by atoms with Gasteiger partial charge in [-0.3, -0.25) is 4.79 Å². The van der Waals surface area contributed by atoms with E-state index in [4.69, 9.17) is 5.73 Å². The van der Waals surface area contributed by atoms with E-state index in [0.29, 0.717) is 17.8 Å². The highest BCUT2D eigenvalue weighted by atomic mass is 79.9. The van der Waals surface area contributed by atoms with E-state index in [0.717, 1.165) is 13.8 Å². The molecule has 2 aromatic rings. The van der Waals surface area contributed by atoms with E-state index < -0.39 is 0 Å². The quantitative estimate of drug-likeness (QED) is 0.783. The van der Waals surface area contributed by atoms with Crippen molar-refractivity contribution in [1.82, 2.24) is 4.90 Å². The Kier molecular flexibility index (Phi) is 4.65. The molecule has 0 fully saturated rings. The van der Waals surface area contributed by atoms with E-state index >= 15 is 0 Å². The number of hydrogen-bond donors (Lipinski definition) is 1. The summed E-state index contributed by atoms with van der Waals surface area (Å²) in [6, 6.07) is 7.26. The predicted molar refractivity (Wildman–Crippen MR) is 86.4 cm³/mol. The minimum Gasteiger partial charge on any atom is -0.399 e. The molecule has 100 valence electrons. The van der Waals surface area contributed by atoms with Crippen LogP contribution in [-0.4, -0.2) is 17.9 Å². The highest BCUT2D eigenvalue weighted by Crippen LogP contribution is 2.24. The number of nitrogens with two attached hydrogens (primary N) is 1. The molecule has 3 nitrogen and oxygen atoms in total. The van der Waals surface area contributed by atoms with Crippen LogP contribution in [0.3, 0.4) is 0 Å². The van der Waals surface area contributed by atoms with Gasteiger partial charge < -0.3 is 10.6 Å². The number of halogens is 2. The largest absolute Gasteiger partial charge is 0.399 e. The lowest BCUT2D eigenvalue weighted by Crippen LogP contribution is -2.26. The lowest BCUT2D eigenvalue weighted by Gasteiger charge is -2.17. The zero-order valence-electron chi connectivity index (χ0n) is 10.2. The maximum absolute atomic E-state index is 12.4. The summed E-state index contributed by atoms with van der Waals surface area (Å²) in [6.45, 7) is 0.580. The molecule has 19 heavy (non-hydrogen) atoms. The maximum atomic E-state index is 12.4. The van der Waals surface area contributed by atoms with Gasteiger partial charge in [-0.1, -0.05) is 0 Å². The minimum atomic E-state index is -0.0521. The Hall–Kier alpha value is -0.850. The zero-order chi connectivity index (χ0) is 14.0. The van der Waals surface area contributed by atoms with Crippen LogP contribution in [0, 0.1) is 0 Å². The molecule has 2 N–H and O–H groups in total. The monoisotopic (exact) mass is 402 g/mol. The molecule has 0 spiro atoms. The van der Waals surface area contributed by atoms with Crippen molar-refractivity contribution in [2.45, 2.75) is 6.54 Å². The molecule has 0 bridgehead atoms. The summed E-state index contributed by atoms with van der Waals surface area (Å²) in [6.07, 6.45) is 0. The molecule has 1 amide bonds. The minimum absolute atomic E-state index is 0.0521. The standard InChI is InChI=1S/C13H12Br2N2OS/c1-17(6-10-4-8(14)7-19-10)13(18)11-5-9(16)2-3-12(11)15/h2-5,7H,6,16H2,1H3. The number of rotatable bonds is 3. The fourth-order valence-electron chi connectivity index (χ4n) is 1.65. The van der Waals surface area contributed by atoms with Gasteiger partial charge in [0.1, 0.15) is 0 Å². The van der Waals surface area contributed by atoms with Gasteiger partial charge in [0.05, 0.1) is 12.1 Å². The summed E-state index contributed by atoms with van der Waals surface area (Å²) in [5.74, 6) is -0.0521. The van der Waals surface area contributed by atoms with E-state index in [1.54, 1.807) is 41.5 Å². The van der Waals surface area contributed by atoms with Gasteiger partial charge in [-0.15, -0.1) is 11.3 Å². The Balaban J connectivity index is 2.16. The van der Waals surface area contributed by atoms with Crippen LogP contribution in [0.25, 0.3) is 0 Å². The Bertz CT molecular complexity index is 612. The summed E-state index contributed by atoms with van der Waals surface area (Å²) < 4.78 is 1.80. The van der Waals surface area contributed by atoms with Crippen molar-refractivity contribution >= 4 is 54.8 Å². The molecular weight excluding hydrogens is 392 g/mol. The average Bonchev–Trinajstić information content (AvgIpc) is 2.77. The number of anilines is 1. The van der Waals surface area contributed by atoms with Gasteiger partial charge in [0.15, 0.2) is 0 Å². The molecule has 1 aromatic heterocycles. The molecule has 2 rings (SSSR count). The first-order chi connectivity index (χ1) is 8.97. The number of carbonyl (C=O) groups excluding carboxylic acids is 1. The molecule has 6 heteroatoms. The normalized spacial score (nSPS) is 10.5. The number of thiophene rings is 1. The summed E-state index contributed by atoms with van der Waals surface area (Å²) in [4.78, 5) is 15.2. The van der Waals surface area contributed by atoms with Crippen LogP contribution in [0.4, 0.5) is 5.69 Å². The molecule has 1 aromatic carbocycles. The molecule has 0 aliphatic carbocycles. The van der Waals surface area contributed by atoms with Gasteiger partial charge in [0.25, 0.3) is 5.91 Å². The summed E-state index contributed by atoms with van der Waals surface area (Å²) >= 11 is 8.41. The van der Waals surface area contributed by atoms with Crippen molar-refractivity contribution in [3.05, 3.63) is 49.0 Å². The smallest absolute Gasteiger partial charge is 0.255 e. The highest BCUT2D eigenvalue weighted by molar-refractivity contribution is 9.10. The number of amides is 1. The molecule has 0 radical (unpaired) electrons. The Labute approximate surface area is 132 Å². The Morgan fingerprint density at radius 2 is 2.11 bits per heavy atom. The van der Waals surface area contributed by atoms with Crippen LogP contribution >= 0.6 is 43.2 Å². The second kappa shape index (κ2) is 6.07. The van der Waals surface area contributed by atoms with E-state index in [2.05, 4.69) is 31.9 Å². The van der Waals surface area contributed by atoms with Gasteiger partial charge in [-0.05, 0) is 56.1 Å². The van der Waals surface area contributed by atoms with Gasteiger partial charge in [0.2, 0.25) is 0 Å². The number of carbonyl (C=O) groups is 1. The molecule has 1 heterocycles. The maximum Gasteiger partial charge on any atom is 0.255 e. The second-order valence-corrected chi connectivity index (χ2v) is 6.90. The van der Waals surface area contributed by atoms with Gasteiger partial charge in [0, 0.05) is 31.9 Å². The van der Waals surface area contributed by atoms with Crippen molar-refractivity contribution in [3.8, 4) is 0 Å². The second-order valence-electron chi connectivity index (χ2n) is 4.13. The number of hydrogen-bond acceptors (Lipinski definition) is 3. The van der Waals surface area contributed by atoms with Gasteiger partial charge in [-0.2, -0.15) is 0 Å². The zero-order valence-corrected chi connectivity index (χ0v) is 14.2. The van der Waals surface area contributed by atoms with Crippen LogP contribution in [0.15, 0.2) is 38.6 Å². The highest BCUT2D eigenvalue weighted by Gasteiger charge is 2.16. The predicted octanol–water partition coefficient (Wildman–Crippen LogP) is 4.13. The molecule has 0 saturated carbocycles. The fourth-order valence-corrected chi connectivity index (χ4v) is 3.57. The number of nitrogens with zero attached hydrogens (tertiary/aromatic N) is 1. The summed E-state index contributed by atoms with van der Waals surface area (Å²) in [5, 5.41) is 2.00. The van der Waals surface area contributed by atoms with Gasteiger partial charge >= 0.3 is 0 Å². The number of nitrogen functional groups attached to an aromatic ring is 1. The van der Waals surface area contributed by atoms with E-state index in [-0.39, 0.29) is 5.91 Å².